The Hall–Kier alpha value is -2.42. The van der Waals surface area contributed by atoms with Crippen molar-refractivity contribution in [2.75, 3.05) is 5.73 Å². The Balaban J connectivity index is 2.28. The van der Waals surface area contributed by atoms with Gasteiger partial charge in [-0.25, -0.2) is 4.98 Å². The molecule has 0 saturated carbocycles. The van der Waals surface area contributed by atoms with Crippen LogP contribution in [0.4, 0.5) is 5.82 Å². The summed E-state index contributed by atoms with van der Waals surface area (Å²) in [5.41, 5.74) is 9.00. The lowest BCUT2D eigenvalue weighted by Gasteiger charge is -2.08. The fraction of sp³-hybridized carbons (Fsp3) is 0.0667. The SMILES string of the molecule is Cc1cc(-c2cccc3cnccc23)cnc1N. The third-order valence-corrected chi connectivity index (χ3v) is 3.11. The number of fused-ring (bicyclic) bond motifs is 1. The van der Waals surface area contributed by atoms with Gasteiger partial charge in [-0.15, -0.1) is 0 Å². The maximum atomic E-state index is 5.76. The van der Waals surface area contributed by atoms with Gasteiger partial charge < -0.3 is 5.73 Å². The monoisotopic (exact) mass is 235 g/mol. The zero-order valence-corrected chi connectivity index (χ0v) is 10.1. The first kappa shape index (κ1) is 10.7. The van der Waals surface area contributed by atoms with Crippen LogP contribution >= 0.6 is 0 Å². The van der Waals surface area contributed by atoms with Crippen LogP contribution < -0.4 is 5.73 Å². The molecule has 0 aliphatic rings. The van der Waals surface area contributed by atoms with Crippen molar-refractivity contribution >= 4 is 16.6 Å². The fourth-order valence-electron chi connectivity index (χ4n) is 2.11. The highest BCUT2D eigenvalue weighted by Gasteiger charge is 2.05. The number of nitrogens with two attached hydrogens (primary N) is 1. The molecule has 0 bridgehead atoms. The van der Waals surface area contributed by atoms with Gasteiger partial charge in [-0.1, -0.05) is 18.2 Å². The summed E-state index contributed by atoms with van der Waals surface area (Å²) in [7, 11) is 0. The number of nitrogen functional groups attached to an aromatic ring is 1. The molecule has 3 rings (SSSR count). The van der Waals surface area contributed by atoms with E-state index in [-0.39, 0.29) is 0 Å². The predicted molar refractivity (Wildman–Crippen MR) is 74.1 cm³/mol. The highest BCUT2D eigenvalue weighted by atomic mass is 14.8. The normalized spacial score (nSPS) is 10.7. The Labute approximate surface area is 105 Å². The van der Waals surface area contributed by atoms with Crippen molar-refractivity contribution in [1.29, 1.82) is 0 Å². The first-order valence-electron chi connectivity index (χ1n) is 5.81. The van der Waals surface area contributed by atoms with Crippen molar-refractivity contribution in [2.45, 2.75) is 6.92 Å². The molecule has 2 N–H and O–H groups in total. The van der Waals surface area contributed by atoms with Crippen molar-refractivity contribution in [3.05, 3.63) is 54.5 Å². The van der Waals surface area contributed by atoms with E-state index in [1.807, 2.05) is 37.6 Å². The van der Waals surface area contributed by atoms with Crippen LogP contribution in [0.2, 0.25) is 0 Å². The van der Waals surface area contributed by atoms with Crippen LogP contribution in [0.3, 0.4) is 0 Å². The van der Waals surface area contributed by atoms with Crippen molar-refractivity contribution in [3.63, 3.8) is 0 Å². The van der Waals surface area contributed by atoms with E-state index < -0.39 is 0 Å². The van der Waals surface area contributed by atoms with E-state index in [0.717, 1.165) is 22.1 Å². The van der Waals surface area contributed by atoms with E-state index in [1.54, 1.807) is 0 Å². The zero-order chi connectivity index (χ0) is 12.5. The summed E-state index contributed by atoms with van der Waals surface area (Å²) in [4.78, 5) is 8.37. The lowest BCUT2D eigenvalue weighted by molar-refractivity contribution is 1.28. The Kier molecular flexibility index (Phi) is 2.45. The lowest BCUT2D eigenvalue weighted by atomic mass is 10.00. The Morgan fingerprint density at radius 1 is 1.11 bits per heavy atom. The molecular formula is C15H13N3. The van der Waals surface area contributed by atoms with Crippen molar-refractivity contribution in [2.24, 2.45) is 0 Å². The van der Waals surface area contributed by atoms with E-state index >= 15 is 0 Å². The maximum Gasteiger partial charge on any atom is 0.126 e. The molecule has 0 aliphatic heterocycles. The molecule has 2 aromatic heterocycles. The molecule has 0 fully saturated rings. The number of hydrogen-bond acceptors (Lipinski definition) is 3. The minimum atomic E-state index is 0.584. The predicted octanol–water partition coefficient (Wildman–Crippen LogP) is 3.19. The summed E-state index contributed by atoms with van der Waals surface area (Å²) in [5, 5.41) is 2.31. The molecule has 0 spiro atoms. The number of pyridine rings is 2. The average molecular weight is 235 g/mol. The summed E-state index contributed by atoms with van der Waals surface area (Å²) in [6.45, 7) is 1.97. The van der Waals surface area contributed by atoms with Crippen molar-refractivity contribution in [3.8, 4) is 11.1 Å². The van der Waals surface area contributed by atoms with Crippen LogP contribution in [0.5, 0.6) is 0 Å². The third kappa shape index (κ3) is 1.70. The molecular weight excluding hydrogens is 222 g/mol. The molecule has 3 aromatic rings. The average Bonchev–Trinajstić information content (AvgIpc) is 2.41. The quantitative estimate of drug-likeness (QED) is 0.704. The van der Waals surface area contributed by atoms with Gasteiger partial charge in [0.15, 0.2) is 0 Å². The summed E-state index contributed by atoms with van der Waals surface area (Å²) in [6.07, 6.45) is 5.50. The van der Waals surface area contributed by atoms with E-state index in [4.69, 9.17) is 5.73 Å². The molecule has 88 valence electrons. The van der Waals surface area contributed by atoms with Gasteiger partial charge in [-0.2, -0.15) is 0 Å². The van der Waals surface area contributed by atoms with Crippen LogP contribution in [-0.2, 0) is 0 Å². The fourth-order valence-corrected chi connectivity index (χ4v) is 2.11. The topological polar surface area (TPSA) is 51.8 Å². The summed E-state index contributed by atoms with van der Waals surface area (Å²) in [5.74, 6) is 0.584. The minimum absolute atomic E-state index is 0.584. The molecule has 0 aliphatic carbocycles. The second-order valence-electron chi connectivity index (χ2n) is 4.33. The van der Waals surface area contributed by atoms with Crippen LogP contribution in [0, 0.1) is 6.92 Å². The second kappa shape index (κ2) is 4.11. The molecule has 0 unspecified atom stereocenters. The number of nitrogens with zero attached hydrogens (tertiary/aromatic N) is 2. The van der Waals surface area contributed by atoms with Crippen molar-refractivity contribution in [1.82, 2.24) is 9.97 Å². The van der Waals surface area contributed by atoms with Gasteiger partial charge in [0.25, 0.3) is 0 Å². The first-order valence-corrected chi connectivity index (χ1v) is 5.81. The van der Waals surface area contributed by atoms with Gasteiger partial charge in [0.05, 0.1) is 0 Å². The standard InChI is InChI=1S/C15H13N3/c1-10-7-12(9-18-15(10)16)13-4-2-3-11-8-17-6-5-14(11)13/h2-9H,1H3,(H2,16,18). The van der Waals surface area contributed by atoms with Gasteiger partial charge in [0.2, 0.25) is 0 Å². The lowest BCUT2D eigenvalue weighted by Crippen LogP contribution is -1.94. The molecule has 0 amide bonds. The molecule has 0 radical (unpaired) electrons. The molecule has 3 nitrogen and oxygen atoms in total. The number of rotatable bonds is 1. The van der Waals surface area contributed by atoms with Gasteiger partial charge in [-0.3, -0.25) is 4.98 Å². The van der Waals surface area contributed by atoms with Gasteiger partial charge in [-0.05, 0) is 35.6 Å². The first-order chi connectivity index (χ1) is 8.75. The third-order valence-electron chi connectivity index (χ3n) is 3.11. The minimum Gasteiger partial charge on any atom is -0.383 e. The van der Waals surface area contributed by atoms with Crippen molar-refractivity contribution < 1.29 is 0 Å². The van der Waals surface area contributed by atoms with Gasteiger partial charge in [0, 0.05) is 29.5 Å². The molecule has 0 atom stereocenters. The highest BCUT2D eigenvalue weighted by molar-refractivity contribution is 5.96. The van der Waals surface area contributed by atoms with E-state index in [1.165, 1.54) is 5.39 Å². The largest absolute Gasteiger partial charge is 0.383 e. The van der Waals surface area contributed by atoms with Crippen LogP contribution in [-0.4, -0.2) is 9.97 Å². The highest BCUT2D eigenvalue weighted by Crippen LogP contribution is 2.28. The van der Waals surface area contributed by atoms with E-state index in [2.05, 4.69) is 28.2 Å². The maximum absolute atomic E-state index is 5.76. The number of benzene rings is 1. The van der Waals surface area contributed by atoms with Gasteiger partial charge >= 0.3 is 0 Å². The zero-order valence-electron chi connectivity index (χ0n) is 10.1. The molecule has 3 heteroatoms. The Morgan fingerprint density at radius 3 is 2.83 bits per heavy atom. The number of anilines is 1. The number of hydrogen-bond donors (Lipinski definition) is 1. The smallest absolute Gasteiger partial charge is 0.126 e. The summed E-state index contributed by atoms with van der Waals surface area (Å²) in [6, 6.07) is 10.3. The molecule has 2 heterocycles. The molecule has 18 heavy (non-hydrogen) atoms. The Morgan fingerprint density at radius 2 is 2.00 bits per heavy atom. The van der Waals surface area contributed by atoms with Crippen LogP contribution in [0.15, 0.2) is 48.9 Å². The van der Waals surface area contributed by atoms with E-state index in [0.29, 0.717) is 5.82 Å². The van der Waals surface area contributed by atoms with Gasteiger partial charge in [0.1, 0.15) is 5.82 Å². The van der Waals surface area contributed by atoms with Crippen LogP contribution in [0.1, 0.15) is 5.56 Å². The second-order valence-corrected chi connectivity index (χ2v) is 4.33. The number of aryl methyl sites for hydroxylation is 1. The summed E-state index contributed by atoms with van der Waals surface area (Å²) < 4.78 is 0. The van der Waals surface area contributed by atoms with E-state index in [9.17, 15) is 0 Å². The molecule has 1 aromatic carbocycles. The summed E-state index contributed by atoms with van der Waals surface area (Å²) >= 11 is 0. The number of aromatic nitrogens is 2. The Bertz CT molecular complexity index is 715. The molecule has 0 saturated heterocycles. The van der Waals surface area contributed by atoms with Crippen LogP contribution in [0.25, 0.3) is 21.9 Å².